The fourth-order valence-electron chi connectivity index (χ4n) is 2.31. The third-order valence-electron chi connectivity index (χ3n) is 3.72. The van der Waals surface area contributed by atoms with Crippen molar-refractivity contribution >= 4 is 29.1 Å². The van der Waals surface area contributed by atoms with Gasteiger partial charge in [-0.05, 0) is 29.8 Å². The van der Waals surface area contributed by atoms with Crippen LogP contribution in [-0.4, -0.2) is 32.1 Å². The fourth-order valence-corrected chi connectivity index (χ4v) is 2.84. The van der Waals surface area contributed by atoms with E-state index in [0.717, 1.165) is 5.56 Å². The number of halogens is 2. The molecule has 0 spiro atoms. The first kappa shape index (κ1) is 18.4. The van der Waals surface area contributed by atoms with Crippen LogP contribution in [0.15, 0.2) is 36.4 Å². The summed E-state index contributed by atoms with van der Waals surface area (Å²) in [6, 6.07) is 10.7. The molecule has 24 heavy (non-hydrogen) atoms. The summed E-state index contributed by atoms with van der Waals surface area (Å²) in [5.74, 6) is 1.29. The Morgan fingerprint density at radius 1 is 1.08 bits per heavy atom. The zero-order chi connectivity index (χ0) is 17.7. The van der Waals surface area contributed by atoms with Crippen LogP contribution >= 0.6 is 23.2 Å². The second-order valence-electron chi connectivity index (χ2n) is 5.30. The summed E-state index contributed by atoms with van der Waals surface area (Å²) in [7, 11) is 4.91. The van der Waals surface area contributed by atoms with Crippen molar-refractivity contribution in [1.29, 1.82) is 0 Å². The molecule has 0 aromatic heterocycles. The molecule has 0 radical (unpaired) electrons. The van der Waals surface area contributed by atoms with Crippen molar-refractivity contribution < 1.29 is 14.3 Å². The van der Waals surface area contributed by atoms with E-state index in [-0.39, 0.29) is 12.3 Å². The zero-order valence-electron chi connectivity index (χ0n) is 13.8. The van der Waals surface area contributed by atoms with Gasteiger partial charge in [0.05, 0.1) is 20.6 Å². The van der Waals surface area contributed by atoms with E-state index in [1.165, 1.54) is 0 Å². The van der Waals surface area contributed by atoms with E-state index >= 15 is 0 Å². The van der Waals surface area contributed by atoms with Gasteiger partial charge in [-0.25, -0.2) is 0 Å². The van der Waals surface area contributed by atoms with Gasteiger partial charge >= 0.3 is 0 Å². The molecule has 0 saturated heterocycles. The second kappa shape index (κ2) is 8.27. The number of likely N-dealkylation sites (N-methyl/N-ethyl adjacent to an activating group) is 1. The van der Waals surface area contributed by atoms with Gasteiger partial charge in [0.25, 0.3) is 0 Å². The van der Waals surface area contributed by atoms with Crippen molar-refractivity contribution in [3.8, 4) is 11.5 Å². The molecule has 2 aromatic carbocycles. The van der Waals surface area contributed by atoms with Gasteiger partial charge in [0.15, 0.2) is 0 Å². The molecule has 6 heteroatoms. The SMILES string of the molecule is COc1ccc(CN(C)C(=O)Cc2c(Cl)cccc2Cl)c(OC)c1. The van der Waals surface area contributed by atoms with E-state index in [0.29, 0.717) is 33.7 Å². The Kier molecular flexibility index (Phi) is 6.35. The van der Waals surface area contributed by atoms with E-state index in [1.54, 1.807) is 50.4 Å². The lowest BCUT2D eigenvalue weighted by atomic mass is 10.1. The summed E-state index contributed by atoms with van der Waals surface area (Å²) < 4.78 is 10.5. The number of carbonyl (C=O) groups excluding carboxylic acids is 1. The number of hydrogen-bond donors (Lipinski definition) is 0. The summed E-state index contributed by atoms with van der Waals surface area (Å²) in [6.45, 7) is 0.411. The van der Waals surface area contributed by atoms with Crippen LogP contribution < -0.4 is 9.47 Å². The Morgan fingerprint density at radius 3 is 2.33 bits per heavy atom. The van der Waals surface area contributed by atoms with Gasteiger partial charge in [-0.15, -0.1) is 0 Å². The van der Waals surface area contributed by atoms with Crippen LogP contribution in [-0.2, 0) is 17.8 Å². The molecule has 0 saturated carbocycles. The number of hydrogen-bond acceptors (Lipinski definition) is 3. The normalized spacial score (nSPS) is 10.4. The average molecular weight is 368 g/mol. The van der Waals surface area contributed by atoms with Crippen molar-refractivity contribution in [3.63, 3.8) is 0 Å². The van der Waals surface area contributed by atoms with Crippen molar-refractivity contribution in [2.24, 2.45) is 0 Å². The molecular weight excluding hydrogens is 349 g/mol. The summed E-state index contributed by atoms with van der Waals surface area (Å²) in [5.41, 5.74) is 1.53. The molecule has 2 aromatic rings. The Hall–Kier alpha value is -1.91. The van der Waals surface area contributed by atoms with Gasteiger partial charge in [0.2, 0.25) is 5.91 Å². The molecule has 0 unspecified atom stereocenters. The maximum Gasteiger partial charge on any atom is 0.227 e. The minimum absolute atomic E-state index is 0.0807. The molecule has 1 amide bonds. The molecular formula is C18H19Cl2NO3. The first-order valence-electron chi connectivity index (χ1n) is 7.34. The largest absolute Gasteiger partial charge is 0.497 e. The Labute approximate surface area is 151 Å². The van der Waals surface area contributed by atoms with Crippen LogP contribution in [0.3, 0.4) is 0 Å². The quantitative estimate of drug-likeness (QED) is 0.767. The van der Waals surface area contributed by atoms with Crippen molar-refractivity contribution in [3.05, 3.63) is 57.6 Å². The first-order chi connectivity index (χ1) is 11.5. The molecule has 0 atom stereocenters. The highest BCUT2D eigenvalue weighted by atomic mass is 35.5. The second-order valence-corrected chi connectivity index (χ2v) is 6.12. The minimum atomic E-state index is -0.0807. The Morgan fingerprint density at radius 2 is 1.75 bits per heavy atom. The summed E-state index contributed by atoms with van der Waals surface area (Å²) in [4.78, 5) is 14.1. The van der Waals surface area contributed by atoms with Crippen molar-refractivity contribution in [2.75, 3.05) is 21.3 Å². The number of ether oxygens (including phenoxy) is 2. The van der Waals surface area contributed by atoms with Gasteiger partial charge in [-0.1, -0.05) is 29.3 Å². The maximum atomic E-state index is 12.5. The Bertz CT molecular complexity index is 714. The predicted molar refractivity (Wildman–Crippen MR) is 96.2 cm³/mol. The van der Waals surface area contributed by atoms with Crippen LogP contribution in [0.1, 0.15) is 11.1 Å². The van der Waals surface area contributed by atoms with Crippen molar-refractivity contribution in [1.82, 2.24) is 4.90 Å². The van der Waals surface area contributed by atoms with Crippen LogP contribution in [0.5, 0.6) is 11.5 Å². The standard InChI is InChI=1S/C18H19Cl2NO3/c1-21(11-12-7-8-13(23-2)9-17(12)24-3)18(22)10-14-15(19)5-4-6-16(14)20/h4-9H,10-11H2,1-3H3. The molecule has 4 nitrogen and oxygen atoms in total. The van der Waals surface area contributed by atoms with Crippen LogP contribution in [0.2, 0.25) is 10.0 Å². The molecule has 0 aliphatic rings. The van der Waals surface area contributed by atoms with Gasteiger partial charge in [0, 0.05) is 35.3 Å². The van der Waals surface area contributed by atoms with E-state index < -0.39 is 0 Å². The highest BCUT2D eigenvalue weighted by Crippen LogP contribution is 2.27. The number of amides is 1. The number of benzene rings is 2. The highest BCUT2D eigenvalue weighted by Gasteiger charge is 2.16. The molecule has 0 N–H and O–H groups in total. The molecule has 0 aliphatic heterocycles. The molecule has 0 bridgehead atoms. The van der Waals surface area contributed by atoms with Crippen molar-refractivity contribution in [2.45, 2.75) is 13.0 Å². The zero-order valence-corrected chi connectivity index (χ0v) is 15.3. The minimum Gasteiger partial charge on any atom is -0.497 e. The number of rotatable bonds is 6. The topological polar surface area (TPSA) is 38.8 Å². The van der Waals surface area contributed by atoms with Gasteiger partial charge in [-0.2, -0.15) is 0 Å². The summed E-state index contributed by atoms with van der Waals surface area (Å²) in [6.07, 6.45) is 0.146. The van der Waals surface area contributed by atoms with Crippen LogP contribution in [0.25, 0.3) is 0 Å². The van der Waals surface area contributed by atoms with E-state index in [4.69, 9.17) is 32.7 Å². The van der Waals surface area contributed by atoms with Gasteiger partial charge < -0.3 is 14.4 Å². The van der Waals surface area contributed by atoms with Gasteiger partial charge in [-0.3, -0.25) is 4.79 Å². The molecule has 128 valence electrons. The van der Waals surface area contributed by atoms with E-state index in [2.05, 4.69) is 0 Å². The molecule has 2 rings (SSSR count). The van der Waals surface area contributed by atoms with E-state index in [9.17, 15) is 4.79 Å². The van der Waals surface area contributed by atoms with Crippen LogP contribution in [0.4, 0.5) is 0 Å². The third-order valence-corrected chi connectivity index (χ3v) is 4.43. The smallest absolute Gasteiger partial charge is 0.227 e. The highest BCUT2D eigenvalue weighted by molar-refractivity contribution is 6.36. The lowest BCUT2D eigenvalue weighted by molar-refractivity contribution is -0.129. The molecule has 0 fully saturated rings. The Balaban J connectivity index is 2.12. The average Bonchev–Trinajstić information content (AvgIpc) is 2.58. The predicted octanol–water partition coefficient (Wildman–Crippen LogP) is 4.21. The summed E-state index contributed by atoms with van der Waals surface area (Å²) >= 11 is 12.3. The lowest BCUT2D eigenvalue weighted by Gasteiger charge is -2.20. The first-order valence-corrected chi connectivity index (χ1v) is 8.09. The number of nitrogens with zero attached hydrogens (tertiary/aromatic N) is 1. The monoisotopic (exact) mass is 367 g/mol. The lowest BCUT2D eigenvalue weighted by Crippen LogP contribution is -2.28. The molecule has 0 heterocycles. The summed E-state index contributed by atoms with van der Waals surface area (Å²) in [5, 5.41) is 0.984. The van der Waals surface area contributed by atoms with E-state index in [1.807, 2.05) is 12.1 Å². The third kappa shape index (κ3) is 4.34. The maximum absolute atomic E-state index is 12.5. The van der Waals surface area contributed by atoms with Gasteiger partial charge in [0.1, 0.15) is 11.5 Å². The number of methoxy groups -OCH3 is 2. The van der Waals surface area contributed by atoms with Crippen LogP contribution in [0, 0.1) is 0 Å². The number of carbonyl (C=O) groups is 1. The fraction of sp³-hybridized carbons (Fsp3) is 0.278. The molecule has 0 aliphatic carbocycles.